The first-order valence-electron chi connectivity index (χ1n) is 12.1. The van der Waals surface area contributed by atoms with Gasteiger partial charge in [0, 0.05) is 18.8 Å². The summed E-state index contributed by atoms with van der Waals surface area (Å²) in [4.78, 5) is 19.4. The molecule has 4 aromatic rings. The molecule has 0 unspecified atom stereocenters. The Kier molecular flexibility index (Phi) is 6.89. The molecule has 0 spiro atoms. The van der Waals surface area contributed by atoms with Crippen LogP contribution < -0.4 is 0 Å². The SMILES string of the molecule is O=C(c1cncn1-c1ccc(-c2ccc(F)c(F)c2)cc1)N1CCC(CCc2ccc(F)cc2)CC1. The van der Waals surface area contributed by atoms with Gasteiger partial charge < -0.3 is 4.90 Å². The van der Waals surface area contributed by atoms with Gasteiger partial charge in [-0.05, 0) is 84.7 Å². The van der Waals surface area contributed by atoms with Crippen molar-refractivity contribution in [2.45, 2.75) is 25.7 Å². The lowest BCUT2D eigenvalue weighted by Crippen LogP contribution is -2.39. The van der Waals surface area contributed by atoms with E-state index < -0.39 is 11.6 Å². The highest BCUT2D eigenvalue weighted by Gasteiger charge is 2.25. The zero-order chi connectivity index (χ0) is 25.1. The molecule has 4 nitrogen and oxygen atoms in total. The van der Waals surface area contributed by atoms with E-state index in [1.165, 1.54) is 24.3 Å². The Morgan fingerprint density at radius 1 is 0.861 bits per heavy atom. The number of carbonyl (C=O) groups is 1. The summed E-state index contributed by atoms with van der Waals surface area (Å²) in [6.45, 7) is 1.38. The van der Waals surface area contributed by atoms with Gasteiger partial charge in [-0.1, -0.05) is 30.3 Å². The number of benzene rings is 3. The summed E-state index contributed by atoms with van der Waals surface area (Å²) in [5.74, 6) is -1.52. The lowest BCUT2D eigenvalue weighted by molar-refractivity contribution is 0.0679. The lowest BCUT2D eigenvalue weighted by atomic mass is 9.90. The smallest absolute Gasteiger partial charge is 0.272 e. The number of hydrogen-bond acceptors (Lipinski definition) is 2. The molecular weight excluding hydrogens is 463 g/mol. The number of amides is 1. The first-order chi connectivity index (χ1) is 17.5. The van der Waals surface area contributed by atoms with Crippen molar-refractivity contribution >= 4 is 5.91 Å². The van der Waals surface area contributed by atoms with Crippen LogP contribution in [0.15, 0.2) is 79.3 Å². The van der Waals surface area contributed by atoms with E-state index in [1.807, 2.05) is 41.3 Å². The van der Waals surface area contributed by atoms with Crippen molar-refractivity contribution in [2.24, 2.45) is 5.92 Å². The fraction of sp³-hybridized carbons (Fsp3) is 0.241. The number of aryl methyl sites for hydroxylation is 1. The molecule has 2 heterocycles. The van der Waals surface area contributed by atoms with Crippen LogP contribution in [0.25, 0.3) is 16.8 Å². The van der Waals surface area contributed by atoms with Crippen LogP contribution in [-0.4, -0.2) is 33.4 Å². The summed E-state index contributed by atoms with van der Waals surface area (Å²) in [7, 11) is 0. The van der Waals surface area contributed by atoms with E-state index in [2.05, 4.69) is 4.98 Å². The third-order valence-electron chi connectivity index (χ3n) is 6.91. The van der Waals surface area contributed by atoms with Crippen LogP contribution in [-0.2, 0) is 6.42 Å². The third-order valence-corrected chi connectivity index (χ3v) is 6.91. The monoisotopic (exact) mass is 489 g/mol. The van der Waals surface area contributed by atoms with Gasteiger partial charge in [-0.15, -0.1) is 0 Å². The van der Waals surface area contributed by atoms with E-state index >= 15 is 0 Å². The fourth-order valence-electron chi connectivity index (χ4n) is 4.76. The van der Waals surface area contributed by atoms with Crippen LogP contribution in [0.5, 0.6) is 0 Å². The van der Waals surface area contributed by atoms with Gasteiger partial charge in [-0.25, -0.2) is 18.2 Å². The topological polar surface area (TPSA) is 38.1 Å². The summed E-state index contributed by atoms with van der Waals surface area (Å²) < 4.78 is 41.7. The summed E-state index contributed by atoms with van der Waals surface area (Å²) >= 11 is 0. The molecule has 1 aromatic heterocycles. The van der Waals surface area contributed by atoms with E-state index in [-0.39, 0.29) is 11.7 Å². The molecule has 0 N–H and O–H groups in total. The van der Waals surface area contributed by atoms with Crippen molar-refractivity contribution in [3.05, 3.63) is 108 Å². The summed E-state index contributed by atoms with van der Waals surface area (Å²) in [5, 5.41) is 0. The number of hydrogen-bond donors (Lipinski definition) is 0. The first-order valence-corrected chi connectivity index (χ1v) is 12.1. The Morgan fingerprint density at radius 2 is 1.56 bits per heavy atom. The Bertz CT molecular complexity index is 1340. The van der Waals surface area contributed by atoms with Crippen molar-refractivity contribution < 1.29 is 18.0 Å². The van der Waals surface area contributed by atoms with Gasteiger partial charge in [0.05, 0.1) is 12.5 Å². The lowest BCUT2D eigenvalue weighted by Gasteiger charge is -2.32. The standard InChI is InChI=1S/C29H26F3N3O/c30-24-8-3-20(4-9-24)1-2-21-13-15-34(16-14-21)29(36)28-18-33-19-35(28)25-10-5-22(6-11-25)23-7-12-26(31)27(32)17-23/h3-12,17-19,21H,1-2,13-16H2. The number of piperidine rings is 1. The molecule has 0 atom stereocenters. The van der Waals surface area contributed by atoms with Gasteiger partial charge in [-0.2, -0.15) is 0 Å². The molecule has 1 amide bonds. The van der Waals surface area contributed by atoms with Crippen LogP contribution >= 0.6 is 0 Å². The molecular formula is C29H26F3N3O. The van der Waals surface area contributed by atoms with Gasteiger partial charge in [0.2, 0.25) is 0 Å². The number of carbonyl (C=O) groups excluding carboxylic acids is 1. The Hall–Kier alpha value is -3.87. The number of likely N-dealkylation sites (tertiary alicyclic amines) is 1. The molecule has 1 aliphatic heterocycles. The third kappa shape index (κ3) is 5.20. The molecule has 184 valence electrons. The summed E-state index contributed by atoms with van der Waals surface area (Å²) in [6.07, 6.45) is 6.98. The predicted molar refractivity (Wildman–Crippen MR) is 132 cm³/mol. The fourth-order valence-corrected chi connectivity index (χ4v) is 4.76. The minimum absolute atomic E-state index is 0.0610. The summed E-state index contributed by atoms with van der Waals surface area (Å²) in [5.41, 5.74) is 3.70. The van der Waals surface area contributed by atoms with Crippen molar-refractivity contribution in [2.75, 3.05) is 13.1 Å². The largest absolute Gasteiger partial charge is 0.337 e. The summed E-state index contributed by atoms with van der Waals surface area (Å²) in [6, 6.07) is 17.7. The zero-order valence-electron chi connectivity index (χ0n) is 19.7. The Labute approximate surface area is 208 Å². The first kappa shape index (κ1) is 23.9. The normalized spacial score (nSPS) is 14.2. The molecule has 7 heteroatoms. The molecule has 1 saturated heterocycles. The van der Waals surface area contributed by atoms with E-state index in [1.54, 1.807) is 17.1 Å². The number of imidazole rings is 1. The van der Waals surface area contributed by atoms with Crippen molar-refractivity contribution in [1.29, 1.82) is 0 Å². The maximum Gasteiger partial charge on any atom is 0.272 e. The maximum absolute atomic E-state index is 13.6. The molecule has 36 heavy (non-hydrogen) atoms. The molecule has 0 saturated carbocycles. The molecule has 5 rings (SSSR count). The predicted octanol–water partition coefficient (Wildman–Crippen LogP) is 6.44. The Morgan fingerprint density at radius 3 is 2.25 bits per heavy atom. The van der Waals surface area contributed by atoms with Crippen molar-refractivity contribution in [1.82, 2.24) is 14.5 Å². The highest BCUT2D eigenvalue weighted by Crippen LogP contribution is 2.26. The number of nitrogens with zero attached hydrogens (tertiary/aromatic N) is 3. The van der Waals surface area contributed by atoms with Gasteiger partial charge in [-0.3, -0.25) is 9.36 Å². The van der Waals surface area contributed by atoms with Gasteiger partial charge >= 0.3 is 0 Å². The second-order valence-electron chi connectivity index (χ2n) is 9.23. The minimum atomic E-state index is -0.890. The molecule has 0 radical (unpaired) electrons. The van der Waals surface area contributed by atoms with Gasteiger partial charge in [0.1, 0.15) is 11.5 Å². The molecule has 0 bridgehead atoms. The quantitative estimate of drug-likeness (QED) is 0.313. The number of halogens is 3. The maximum atomic E-state index is 13.6. The highest BCUT2D eigenvalue weighted by molar-refractivity contribution is 5.93. The van der Waals surface area contributed by atoms with Crippen LogP contribution in [0.3, 0.4) is 0 Å². The Balaban J connectivity index is 1.21. The van der Waals surface area contributed by atoms with Crippen LogP contribution in [0.2, 0.25) is 0 Å². The van der Waals surface area contributed by atoms with Gasteiger partial charge in [0.25, 0.3) is 5.91 Å². The van der Waals surface area contributed by atoms with Crippen LogP contribution in [0.4, 0.5) is 13.2 Å². The van der Waals surface area contributed by atoms with E-state index in [0.29, 0.717) is 30.3 Å². The van der Waals surface area contributed by atoms with Crippen LogP contribution in [0, 0.1) is 23.4 Å². The van der Waals surface area contributed by atoms with Crippen LogP contribution in [0.1, 0.15) is 35.3 Å². The van der Waals surface area contributed by atoms with Crippen molar-refractivity contribution in [3.63, 3.8) is 0 Å². The second kappa shape index (κ2) is 10.4. The highest BCUT2D eigenvalue weighted by atomic mass is 19.2. The molecule has 0 aliphatic carbocycles. The molecule has 3 aromatic carbocycles. The van der Waals surface area contributed by atoms with E-state index in [9.17, 15) is 18.0 Å². The minimum Gasteiger partial charge on any atom is -0.337 e. The molecule has 1 aliphatic rings. The second-order valence-corrected chi connectivity index (χ2v) is 9.23. The average Bonchev–Trinajstić information content (AvgIpc) is 3.40. The van der Waals surface area contributed by atoms with E-state index in [4.69, 9.17) is 0 Å². The average molecular weight is 490 g/mol. The van der Waals surface area contributed by atoms with E-state index in [0.717, 1.165) is 48.6 Å². The number of aromatic nitrogens is 2. The van der Waals surface area contributed by atoms with Crippen molar-refractivity contribution in [3.8, 4) is 16.8 Å². The number of rotatable bonds is 6. The van der Waals surface area contributed by atoms with Gasteiger partial charge in [0.15, 0.2) is 11.6 Å². The zero-order valence-corrected chi connectivity index (χ0v) is 19.7. The molecule has 1 fully saturated rings.